The van der Waals surface area contributed by atoms with Crippen LogP contribution in [0.1, 0.15) is 26.2 Å². The zero-order valence-electron chi connectivity index (χ0n) is 10.1. The zero-order valence-corrected chi connectivity index (χ0v) is 10.1. The smallest absolute Gasteiger partial charge is 0.225 e. The van der Waals surface area contributed by atoms with E-state index in [0.717, 1.165) is 19.4 Å². The topological polar surface area (TPSA) is 41.1 Å². The highest BCUT2D eigenvalue weighted by Crippen LogP contribution is 2.12. The monoisotopic (exact) mass is 238 g/mol. The minimum atomic E-state index is -0.403. The van der Waals surface area contributed by atoms with Crippen molar-refractivity contribution in [3.8, 4) is 0 Å². The second-order valence-electron chi connectivity index (χ2n) is 3.88. The van der Waals surface area contributed by atoms with Crippen LogP contribution in [-0.2, 0) is 4.79 Å². The fraction of sp³-hybridized carbons (Fsp3) is 0.462. The second kappa shape index (κ2) is 7.79. The first-order valence-electron chi connectivity index (χ1n) is 5.99. The standard InChI is InChI=1S/C13H19FN2O/c1-2-3-9-15-10-8-13(17)16-12-7-5-4-6-11(12)14/h4-7,15H,2-3,8-10H2,1H3,(H,16,17). The van der Waals surface area contributed by atoms with E-state index in [4.69, 9.17) is 0 Å². The van der Waals surface area contributed by atoms with E-state index in [9.17, 15) is 9.18 Å². The molecule has 1 aromatic carbocycles. The Morgan fingerprint density at radius 3 is 2.76 bits per heavy atom. The van der Waals surface area contributed by atoms with Gasteiger partial charge in [-0.1, -0.05) is 25.5 Å². The lowest BCUT2D eigenvalue weighted by Gasteiger charge is -2.06. The number of hydrogen-bond donors (Lipinski definition) is 2. The predicted octanol–water partition coefficient (Wildman–Crippen LogP) is 2.54. The number of benzene rings is 1. The maximum absolute atomic E-state index is 13.2. The third-order valence-electron chi connectivity index (χ3n) is 2.38. The zero-order chi connectivity index (χ0) is 12.5. The van der Waals surface area contributed by atoms with Crippen molar-refractivity contribution in [3.63, 3.8) is 0 Å². The number of rotatable bonds is 7. The highest BCUT2D eigenvalue weighted by atomic mass is 19.1. The number of halogens is 1. The molecule has 0 heterocycles. The molecule has 0 spiro atoms. The van der Waals surface area contributed by atoms with E-state index < -0.39 is 5.82 Å². The first-order chi connectivity index (χ1) is 8.24. The van der Waals surface area contributed by atoms with Gasteiger partial charge in [-0.25, -0.2) is 4.39 Å². The maximum atomic E-state index is 13.2. The molecule has 17 heavy (non-hydrogen) atoms. The van der Waals surface area contributed by atoms with Gasteiger partial charge in [0, 0.05) is 13.0 Å². The Kier molecular flexibility index (Phi) is 6.25. The summed E-state index contributed by atoms with van der Waals surface area (Å²) in [6.45, 7) is 3.66. The molecule has 0 aromatic heterocycles. The van der Waals surface area contributed by atoms with E-state index in [1.807, 2.05) is 0 Å². The van der Waals surface area contributed by atoms with E-state index in [2.05, 4.69) is 17.6 Å². The maximum Gasteiger partial charge on any atom is 0.225 e. The fourth-order valence-corrected chi connectivity index (χ4v) is 1.40. The molecule has 0 unspecified atom stereocenters. The molecule has 0 radical (unpaired) electrons. The number of para-hydroxylation sites is 1. The third kappa shape index (κ3) is 5.45. The Hall–Kier alpha value is -1.42. The predicted molar refractivity (Wildman–Crippen MR) is 67.4 cm³/mol. The summed E-state index contributed by atoms with van der Waals surface area (Å²) < 4.78 is 13.2. The summed E-state index contributed by atoms with van der Waals surface area (Å²) >= 11 is 0. The molecular weight excluding hydrogens is 219 g/mol. The molecule has 0 bridgehead atoms. The molecule has 0 saturated carbocycles. The highest BCUT2D eigenvalue weighted by molar-refractivity contribution is 5.90. The van der Waals surface area contributed by atoms with Crippen molar-refractivity contribution in [1.82, 2.24) is 5.32 Å². The first-order valence-corrected chi connectivity index (χ1v) is 5.99. The average Bonchev–Trinajstić information content (AvgIpc) is 2.32. The van der Waals surface area contributed by atoms with Gasteiger partial charge >= 0.3 is 0 Å². The largest absolute Gasteiger partial charge is 0.324 e. The van der Waals surface area contributed by atoms with Gasteiger partial charge < -0.3 is 10.6 Å². The molecule has 94 valence electrons. The summed E-state index contributed by atoms with van der Waals surface area (Å²) in [6.07, 6.45) is 2.60. The van der Waals surface area contributed by atoms with Crippen LogP contribution in [0, 0.1) is 5.82 Å². The fourth-order valence-electron chi connectivity index (χ4n) is 1.40. The molecule has 0 aliphatic carbocycles. The number of nitrogens with one attached hydrogen (secondary N) is 2. The normalized spacial score (nSPS) is 10.2. The van der Waals surface area contributed by atoms with E-state index in [-0.39, 0.29) is 11.6 Å². The lowest BCUT2D eigenvalue weighted by Crippen LogP contribution is -2.22. The minimum absolute atomic E-state index is 0.168. The first kappa shape index (κ1) is 13.6. The summed E-state index contributed by atoms with van der Waals surface area (Å²) in [7, 11) is 0. The molecule has 3 nitrogen and oxygen atoms in total. The van der Waals surface area contributed by atoms with Crippen LogP contribution in [0.4, 0.5) is 10.1 Å². The van der Waals surface area contributed by atoms with Crippen LogP contribution in [0.5, 0.6) is 0 Å². The number of hydrogen-bond acceptors (Lipinski definition) is 2. The second-order valence-corrected chi connectivity index (χ2v) is 3.88. The summed E-state index contributed by atoms with van der Waals surface area (Å²) in [6, 6.07) is 6.17. The van der Waals surface area contributed by atoms with Crippen LogP contribution in [-0.4, -0.2) is 19.0 Å². The molecule has 1 aromatic rings. The summed E-state index contributed by atoms with van der Waals surface area (Å²) in [5, 5.41) is 5.71. The van der Waals surface area contributed by atoms with Crippen LogP contribution >= 0.6 is 0 Å². The van der Waals surface area contributed by atoms with Crippen molar-refractivity contribution in [2.24, 2.45) is 0 Å². The van der Waals surface area contributed by atoms with Crippen LogP contribution in [0.25, 0.3) is 0 Å². The van der Waals surface area contributed by atoms with E-state index in [1.165, 1.54) is 6.07 Å². The Balaban J connectivity index is 2.23. The quantitative estimate of drug-likeness (QED) is 0.717. The number of carbonyl (C=O) groups excluding carboxylic acids is 1. The molecule has 1 amide bonds. The Morgan fingerprint density at radius 2 is 2.06 bits per heavy atom. The Labute approximate surface area is 101 Å². The number of anilines is 1. The average molecular weight is 238 g/mol. The van der Waals surface area contributed by atoms with Crippen molar-refractivity contribution in [1.29, 1.82) is 0 Å². The van der Waals surface area contributed by atoms with Crippen LogP contribution in [0.15, 0.2) is 24.3 Å². The third-order valence-corrected chi connectivity index (χ3v) is 2.38. The number of unbranched alkanes of at least 4 members (excludes halogenated alkanes) is 1. The van der Waals surface area contributed by atoms with E-state index >= 15 is 0 Å². The van der Waals surface area contributed by atoms with Crippen molar-refractivity contribution in [3.05, 3.63) is 30.1 Å². The van der Waals surface area contributed by atoms with Gasteiger partial charge in [0.1, 0.15) is 5.82 Å². The van der Waals surface area contributed by atoms with Crippen LogP contribution in [0.2, 0.25) is 0 Å². The molecule has 0 fully saturated rings. The molecule has 4 heteroatoms. The Morgan fingerprint density at radius 1 is 1.29 bits per heavy atom. The van der Waals surface area contributed by atoms with Crippen molar-refractivity contribution in [2.75, 3.05) is 18.4 Å². The SMILES string of the molecule is CCCCNCCC(=O)Nc1ccccc1F. The lowest BCUT2D eigenvalue weighted by molar-refractivity contribution is -0.116. The van der Waals surface area contributed by atoms with Gasteiger partial charge in [0.25, 0.3) is 0 Å². The summed E-state index contributed by atoms with van der Waals surface area (Å²) in [5.74, 6) is -0.570. The van der Waals surface area contributed by atoms with Crippen molar-refractivity contribution >= 4 is 11.6 Å². The van der Waals surface area contributed by atoms with Gasteiger partial charge in [-0.3, -0.25) is 4.79 Å². The highest BCUT2D eigenvalue weighted by Gasteiger charge is 2.05. The Bertz CT molecular complexity index is 355. The van der Waals surface area contributed by atoms with Crippen LogP contribution < -0.4 is 10.6 Å². The molecule has 2 N–H and O–H groups in total. The minimum Gasteiger partial charge on any atom is -0.324 e. The van der Waals surface area contributed by atoms with Gasteiger partial charge in [0.2, 0.25) is 5.91 Å². The molecular formula is C13H19FN2O. The van der Waals surface area contributed by atoms with Gasteiger partial charge in [0.05, 0.1) is 5.69 Å². The van der Waals surface area contributed by atoms with Crippen molar-refractivity contribution in [2.45, 2.75) is 26.2 Å². The van der Waals surface area contributed by atoms with Crippen LogP contribution in [0.3, 0.4) is 0 Å². The summed E-state index contributed by atoms with van der Waals surface area (Å²) in [5.41, 5.74) is 0.242. The van der Waals surface area contributed by atoms with Crippen molar-refractivity contribution < 1.29 is 9.18 Å². The molecule has 0 aliphatic heterocycles. The molecule has 0 aliphatic rings. The molecule has 1 rings (SSSR count). The lowest BCUT2D eigenvalue weighted by atomic mass is 10.3. The van der Waals surface area contributed by atoms with Gasteiger partial charge in [0.15, 0.2) is 0 Å². The molecule has 0 saturated heterocycles. The van der Waals surface area contributed by atoms with Gasteiger partial charge in [-0.15, -0.1) is 0 Å². The number of carbonyl (C=O) groups is 1. The van der Waals surface area contributed by atoms with E-state index in [0.29, 0.717) is 13.0 Å². The summed E-state index contributed by atoms with van der Waals surface area (Å²) in [4.78, 5) is 11.5. The molecule has 0 atom stereocenters. The van der Waals surface area contributed by atoms with Gasteiger partial charge in [-0.05, 0) is 25.1 Å². The number of amides is 1. The van der Waals surface area contributed by atoms with Gasteiger partial charge in [-0.2, -0.15) is 0 Å². The van der Waals surface area contributed by atoms with E-state index in [1.54, 1.807) is 18.2 Å².